The number of carbonyl (C=O) groups is 2. The summed E-state index contributed by atoms with van der Waals surface area (Å²) in [7, 11) is -0.785. The Morgan fingerprint density at radius 2 is 1.76 bits per heavy atom. The van der Waals surface area contributed by atoms with E-state index in [0.717, 1.165) is 16.3 Å². The molecule has 29 heavy (non-hydrogen) atoms. The van der Waals surface area contributed by atoms with Crippen LogP contribution in [-0.4, -0.2) is 51.9 Å². The van der Waals surface area contributed by atoms with Crippen molar-refractivity contribution in [3.8, 4) is 5.75 Å². The van der Waals surface area contributed by atoms with Gasteiger partial charge in [-0.15, -0.1) is 0 Å². The molecule has 8 nitrogen and oxygen atoms in total. The molecule has 0 heterocycles. The maximum Gasteiger partial charge on any atom is 0.344 e. The highest BCUT2D eigenvalue weighted by Gasteiger charge is 2.18. The zero-order valence-corrected chi connectivity index (χ0v) is 17.4. The van der Waals surface area contributed by atoms with Crippen molar-refractivity contribution in [1.82, 2.24) is 4.31 Å². The van der Waals surface area contributed by atoms with Crippen LogP contribution in [0.3, 0.4) is 0 Å². The molecule has 0 aliphatic heterocycles. The third-order valence-corrected chi connectivity index (χ3v) is 5.74. The Bertz CT molecular complexity index is 972. The highest BCUT2D eigenvalue weighted by atomic mass is 32.2. The molecule has 9 heteroatoms. The molecule has 1 N–H and O–H groups in total. The summed E-state index contributed by atoms with van der Waals surface area (Å²) in [6.07, 6.45) is 0.846. The number of sulfonamides is 1. The number of aryl methyl sites for hydroxylation is 1. The first kappa shape index (κ1) is 22.4. The summed E-state index contributed by atoms with van der Waals surface area (Å²) in [4.78, 5) is 23.8. The summed E-state index contributed by atoms with van der Waals surface area (Å²) in [5.41, 5.74) is 1.36. The maximum atomic E-state index is 12.1. The largest absolute Gasteiger partial charge is 0.482 e. The van der Waals surface area contributed by atoms with Crippen LogP contribution in [0.25, 0.3) is 0 Å². The summed E-state index contributed by atoms with van der Waals surface area (Å²) in [6.45, 7) is 1.18. The maximum absolute atomic E-state index is 12.1. The first-order chi connectivity index (χ1) is 13.7. The lowest BCUT2D eigenvalue weighted by Gasteiger charge is -2.13. The smallest absolute Gasteiger partial charge is 0.344 e. The molecule has 0 aliphatic rings. The fraction of sp³-hybridized carbons (Fsp3) is 0.300. The van der Waals surface area contributed by atoms with E-state index in [9.17, 15) is 18.0 Å². The molecule has 156 valence electrons. The lowest BCUT2D eigenvalue weighted by atomic mass is 10.2. The molecule has 0 bridgehead atoms. The predicted molar refractivity (Wildman–Crippen MR) is 108 cm³/mol. The van der Waals surface area contributed by atoms with Gasteiger partial charge in [-0.3, -0.25) is 4.79 Å². The third kappa shape index (κ3) is 6.58. The first-order valence-corrected chi connectivity index (χ1v) is 10.4. The van der Waals surface area contributed by atoms with Crippen LogP contribution >= 0.6 is 0 Å². The minimum atomic E-state index is -3.62. The number of rotatable bonds is 9. The molecular weight excluding hydrogens is 396 g/mol. The molecule has 0 saturated heterocycles. The fourth-order valence-corrected chi connectivity index (χ4v) is 3.28. The minimum absolute atomic E-state index is 0.0417. The average Bonchev–Trinajstić information content (AvgIpc) is 2.71. The van der Waals surface area contributed by atoms with Crippen LogP contribution < -0.4 is 10.1 Å². The summed E-state index contributed by atoms with van der Waals surface area (Å²) in [5.74, 6) is -0.735. The molecule has 0 spiro atoms. The first-order valence-electron chi connectivity index (χ1n) is 8.92. The van der Waals surface area contributed by atoms with Crippen LogP contribution in [0, 0.1) is 0 Å². The Morgan fingerprint density at radius 3 is 2.45 bits per heavy atom. The molecule has 0 unspecified atom stereocenters. The van der Waals surface area contributed by atoms with Gasteiger partial charge in [0, 0.05) is 19.8 Å². The van der Waals surface area contributed by atoms with E-state index in [1.54, 1.807) is 6.07 Å². The Morgan fingerprint density at radius 1 is 1.03 bits per heavy atom. The predicted octanol–water partition coefficient (Wildman–Crippen LogP) is 2.06. The molecular formula is C20H24N2O6S. The second kappa shape index (κ2) is 10.0. The standard InChI is InChI=1S/C20H24N2O6S/c1-4-15-7-5-9-17(11-15)27-14-20(24)28-13-19(23)21-16-8-6-10-18(12-16)29(25,26)22(2)3/h5-12H,4,13-14H2,1-3H3,(H,21,23). The number of benzene rings is 2. The Kier molecular flexibility index (Phi) is 7.74. The van der Waals surface area contributed by atoms with Crippen LogP contribution in [0.1, 0.15) is 12.5 Å². The van der Waals surface area contributed by atoms with Crippen molar-refractivity contribution < 1.29 is 27.5 Å². The number of hydrogen-bond donors (Lipinski definition) is 1. The molecule has 2 aromatic rings. The van der Waals surface area contributed by atoms with Crippen LogP contribution in [0.5, 0.6) is 5.75 Å². The van der Waals surface area contributed by atoms with E-state index >= 15 is 0 Å². The van der Waals surface area contributed by atoms with Crippen molar-refractivity contribution in [2.45, 2.75) is 18.2 Å². The quantitative estimate of drug-likeness (QED) is 0.623. The second-order valence-electron chi connectivity index (χ2n) is 6.31. The van der Waals surface area contributed by atoms with Crippen LogP contribution in [0.4, 0.5) is 5.69 Å². The topological polar surface area (TPSA) is 102 Å². The number of nitrogens with one attached hydrogen (secondary N) is 1. The lowest BCUT2D eigenvalue weighted by Crippen LogP contribution is -2.24. The zero-order chi connectivity index (χ0) is 21.4. The number of hydrogen-bond acceptors (Lipinski definition) is 6. The van der Waals surface area contributed by atoms with Crippen LogP contribution in [0.2, 0.25) is 0 Å². The van der Waals surface area contributed by atoms with E-state index in [4.69, 9.17) is 9.47 Å². The van der Waals surface area contributed by atoms with Gasteiger partial charge in [0.25, 0.3) is 5.91 Å². The lowest BCUT2D eigenvalue weighted by molar-refractivity contribution is -0.149. The number of nitrogens with zero attached hydrogens (tertiary/aromatic N) is 1. The Balaban J connectivity index is 1.84. The monoisotopic (exact) mass is 420 g/mol. The van der Waals surface area contributed by atoms with Crippen molar-refractivity contribution in [2.75, 3.05) is 32.6 Å². The van der Waals surface area contributed by atoms with Gasteiger partial charge >= 0.3 is 5.97 Å². The van der Waals surface area contributed by atoms with E-state index in [-0.39, 0.29) is 17.2 Å². The Labute approximate surface area is 170 Å². The van der Waals surface area contributed by atoms with Gasteiger partial charge in [-0.2, -0.15) is 0 Å². The zero-order valence-electron chi connectivity index (χ0n) is 16.5. The van der Waals surface area contributed by atoms with Crippen LogP contribution in [-0.2, 0) is 30.8 Å². The highest BCUT2D eigenvalue weighted by Crippen LogP contribution is 2.18. The fourth-order valence-electron chi connectivity index (χ4n) is 2.33. The molecule has 0 aliphatic carbocycles. The van der Waals surface area contributed by atoms with Crippen molar-refractivity contribution in [3.05, 3.63) is 54.1 Å². The van der Waals surface area contributed by atoms with E-state index in [1.165, 1.54) is 38.4 Å². The van der Waals surface area contributed by atoms with E-state index in [1.807, 2.05) is 25.1 Å². The van der Waals surface area contributed by atoms with Gasteiger partial charge in [0.05, 0.1) is 4.90 Å². The van der Waals surface area contributed by atoms with Gasteiger partial charge in [-0.25, -0.2) is 17.5 Å². The summed E-state index contributed by atoms with van der Waals surface area (Å²) < 4.78 is 35.6. The molecule has 0 atom stereocenters. The summed E-state index contributed by atoms with van der Waals surface area (Å²) in [5, 5.41) is 2.50. The van der Waals surface area contributed by atoms with Gasteiger partial charge in [0.15, 0.2) is 13.2 Å². The van der Waals surface area contributed by atoms with E-state index < -0.39 is 28.5 Å². The normalized spacial score (nSPS) is 11.2. The molecule has 2 rings (SSSR count). The summed E-state index contributed by atoms with van der Waals surface area (Å²) in [6, 6.07) is 13.2. The van der Waals surface area contributed by atoms with Gasteiger partial charge < -0.3 is 14.8 Å². The minimum Gasteiger partial charge on any atom is -0.482 e. The van der Waals surface area contributed by atoms with Gasteiger partial charge in [0.1, 0.15) is 5.75 Å². The highest BCUT2D eigenvalue weighted by molar-refractivity contribution is 7.89. The van der Waals surface area contributed by atoms with Crippen molar-refractivity contribution >= 4 is 27.6 Å². The number of carbonyl (C=O) groups excluding carboxylic acids is 2. The second-order valence-corrected chi connectivity index (χ2v) is 8.47. The number of ether oxygens (including phenoxy) is 2. The molecule has 0 aromatic heterocycles. The molecule has 0 saturated carbocycles. The third-order valence-electron chi connectivity index (χ3n) is 3.92. The number of amides is 1. The Hall–Kier alpha value is -2.91. The van der Waals surface area contributed by atoms with Gasteiger partial charge in [-0.1, -0.05) is 25.1 Å². The number of anilines is 1. The van der Waals surface area contributed by atoms with Crippen molar-refractivity contribution in [3.63, 3.8) is 0 Å². The molecule has 1 amide bonds. The van der Waals surface area contributed by atoms with Crippen molar-refractivity contribution in [1.29, 1.82) is 0 Å². The molecule has 0 radical (unpaired) electrons. The van der Waals surface area contributed by atoms with Crippen molar-refractivity contribution in [2.24, 2.45) is 0 Å². The molecule has 2 aromatic carbocycles. The summed E-state index contributed by atoms with van der Waals surface area (Å²) >= 11 is 0. The SMILES string of the molecule is CCc1cccc(OCC(=O)OCC(=O)Nc2cccc(S(=O)(=O)N(C)C)c2)c1. The van der Waals surface area contributed by atoms with E-state index in [2.05, 4.69) is 5.32 Å². The van der Waals surface area contributed by atoms with Crippen LogP contribution in [0.15, 0.2) is 53.4 Å². The average molecular weight is 420 g/mol. The van der Waals surface area contributed by atoms with Gasteiger partial charge in [-0.05, 0) is 42.3 Å². The van der Waals surface area contributed by atoms with Gasteiger partial charge in [0.2, 0.25) is 10.0 Å². The van der Waals surface area contributed by atoms with E-state index in [0.29, 0.717) is 5.75 Å². The molecule has 0 fully saturated rings. The number of esters is 1.